The summed E-state index contributed by atoms with van der Waals surface area (Å²) < 4.78 is 0. The molecule has 0 N–H and O–H groups in total. The first-order valence-electron chi connectivity index (χ1n) is 5.61. The molecule has 1 aromatic rings. The van der Waals surface area contributed by atoms with Crippen LogP contribution in [0.15, 0.2) is 30.3 Å². The average Bonchev–Trinajstić information content (AvgIpc) is 2.78. The highest BCUT2D eigenvalue weighted by molar-refractivity contribution is 6.03. The highest BCUT2D eigenvalue weighted by Gasteiger charge is 2.41. The van der Waals surface area contributed by atoms with E-state index in [1.165, 1.54) is 0 Å². The molecule has 3 rings (SSSR count). The summed E-state index contributed by atoms with van der Waals surface area (Å²) in [5.41, 5.74) is 0.461. The molecule has 0 aliphatic carbocycles. The Kier molecular flexibility index (Phi) is 2.33. The van der Waals surface area contributed by atoms with Crippen LogP contribution in [0.25, 0.3) is 0 Å². The van der Waals surface area contributed by atoms with Crippen molar-refractivity contribution in [1.29, 1.82) is 0 Å². The Labute approximate surface area is 98.5 Å². The minimum Gasteiger partial charge on any atom is -0.320 e. The van der Waals surface area contributed by atoms with Gasteiger partial charge in [0, 0.05) is 12.1 Å². The maximum absolute atomic E-state index is 12.1. The summed E-state index contributed by atoms with van der Waals surface area (Å²) in [6.07, 6.45) is 0.755. The molecular weight excluding hydrogens is 220 g/mol. The first-order valence-corrected chi connectivity index (χ1v) is 5.61. The Morgan fingerprint density at radius 1 is 1.29 bits per heavy atom. The number of hydrogen-bond donors (Lipinski definition) is 0. The molecule has 3 amide bonds. The van der Waals surface area contributed by atoms with E-state index in [0.717, 1.165) is 11.5 Å². The second-order valence-electron chi connectivity index (χ2n) is 4.21. The van der Waals surface area contributed by atoms with E-state index in [2.05, 4.69) is 0 Å². The molecule has 0 radical (unpaired) electrons. The van der Waals surface area contributed by atoms with E-state index in [0.29, 0.717) is 18.7 Å². The number of nitrogens with zero attached hydrogens (tertiary/aromatic N) is 2. The number of benzene rings is 1. The van der Waals surface area contributed by atoms with E-state index in [9.17, 15) is 9.59 Å². The molecule has 0 spiro atoms. The lowest BCUT2D eigenvalue weighted by atomic mass is 10.2. The highest BCUT2D eigenvalue weighted by Crippen LogP contribution is 2.23. The quantitative estimate of drug-likeness (QED) is 0.732. The number of hydrogen-bond acceptors (Lipinski definition) is 3. The van der Waals surface area contributed by atoms with Gasteiger partial charge in [0.2, 0.25) is 0 Å². The molecule has 1 atom stereocenters. The van der Waals surface area contributed by atoms with E-state index in [1.54, 1.807) is 29.2 Å². The van der Waals surface area contributed by atoms with Crippen molar-refractivity contribution in [2.45, 2.75) is 12.5 Å². The van der Waals surface area contributed by atoms with Crippen LogP contribution in [0.2, 0.25) is 0 Å². The largest absolute Gasteiger partial charge is 0.351 e. The molecule has 5 nitrogen and oxygen atoms in total. The molecular formula is C12H12N2O3. The summed E-state index contributed by atoms with van der Waals surface area (Å²) in [7, 11) is 0. The second-order valence-corrected chi connectivity index (χ2v) is 4.21. The lowest BCUT2D eigenvalue weighted by Crippen LogP contribution is -2.51. The van der Waals surface area contributed by atoms with Gasteiger partial charge in [-0.2, -0.15) is 0 Å². The molecule has 88 valence electrons. The zero-order chi connectivity index (χ0) is 11.8. The first-order chi connectivity index (χ1) is 8.25. The van der Waals surface area contributed by atoms with Crippen molar-refractivity contribution in [2.75, 3.05) is 13.1 Å². The van der Waals surface area contributed by atoms with Crippen molar-refractivity contribution in [3.63, 3.8) is 0 Å². The highest BCUT2D eigenvalue weighted by atomic mass is 16.7. The Bertz CT molecular complexity index is 460. The maximum Gasteiger partial charge on any atom is 0.351 e. The van der Waals surface area contributed by atoms with Crippen molar-refractivity contribution in [3.8, 4) is 0 Å². The summed E-state index contributed by atoms with van der Waals surface area (Å²) in [5, 5.41) is 0.885. The van der Waals surface area contributed by atoms with Crippen LogP contribution in [0, 0.1) is 0 Å². The van der Waals surface area contributed by atoms with Crippen molar-refractivity contribution < 1.29 is 14.4 Å². The van der Waals surface area contributed by atoms with Gasteiger partial charge < -0.3 is 4.90 Å². The van der Waals surface area contributed by atoms with Crippen LogP contribution < -0.4 is 0 Å². The Morgan fingerprint density at radius 3 is 2.82 bits per heavy atom. The van der Waals surface area contributed by atoms with Crippen LogP contribution in [-0.2, 0) is 4.84 Å². The normalized spacial score (nSPS) is 23.1. The number of rotatable bonds is 1. The minimum absolute atomic E-state index is 0.0413. The van der Waals surface area contributed by atoms with Gasteiger partial charge in [-0.05, 0) is 18.6 Å². The number of hydroxylamine groups is 2. The molecule has 5 heteroatoms. The zero-order valence-electron chi connectivity index (χ0n) is 9.20. The Hall–Kier alpha value is -1.88. The zero-order valence-corrected chi connectivity index (χ0v) is 9.20. The van der Waals surface area contributed by atoms with Crippen LogP contribution in [0.5, 0.6) is 0 Å². The second kappa shape index (κ2) is 3.85. The predicted molar refractivity (Wildman–Crippen MR) is 59.1 cm³/mol. The average molecular weight is 232 g/mol. The fourth-order valence-electron chi connectivity index (χ4n) is 2.14. The number of amides is 3. The van der Waals surface area contributed by atoms with E-state index in [-0.39, 0.29) is 12.1 Å². The van der Waals surface area contributed by atoms with Gasteiger partial charge in [-0.25, -0.2) is 4.79 Å². The number of urea groups is 1. The molecule has 1 unspecified atom stereocenters. The molecule has 2 aliphatic heterocycles. The summed E-state index contributed by atoms with van der Waals surface area (Å²) in [5.74, 6) is -0.396. The summed E-state index contributed by atoms with van der Waals surface area (Å²) >= 11 is 0. The van der Waals surface area contributed by atoms with Gasteiger partial charge in [-0.1, -0.05) is 18.2 Å². The maximum atomic E-state index is 12.1. The molecule has 2 heterocycles. The van der Waals surface area contributed by atoms with Gasteiger partial charge in [-0.3, -0.25) is 9.63 Å². The van der Waals surface area contributed by atoms with Gasteiger partial charge in [0.05, 0.1) is 6.54 Å². The van der Waals surface area contributed by atoms with E-state index < -0.39 is 5.91 Å². The number of carbonyl (C=O) groups excluding carboxylic acids is 2. The lowest BCUT2D eigenvalue weighted by molar-refractivity contribution is -0.145. The minimum atomic E-state index is -0.396. The molecule has 2 bridgehead atoms. The van der Waals surface area contributed by atoms with Crippen molar-refractivity contribution in [1.82, 2.24) is 9.96 Å². The van der Waals surface area contributed by atoms with Crippen LogP contribution in [-0.4, -0.2) is 41.1 Å². The molecule has 2 aliphatic rings. The number of fused-ring (bicyclic) bond motifs is 2. The first kappa shape index (κ1) is 10.3. The Morgan fingerprint density at radius 2 is 2.06 bits per heavy atom. The van der Waals surface area contributed by atoms with Gasteiger partial charge in [0.1, 0.15) is 6.10 Å². The molecule has 2 fully saturated rings. The van der Waals surface area contributed by atoms with Crippen LogP contribution in [0.4, 0.5) is 4.79 Å². The number of carbonyl (C=O) groups is 2. The third-order valence-electron chi connectivity index (χ3n) is 3.05. The van der Waals surface area contributed by atoms with Gasteiger partial charge in [0.15, 0.2) is 0 Å². The van der Waals surface area contributed by atoms with Crippen LogP contribution in [0.3, 0.4) is 0 Å². The van der Waals surface area contributed by atoms with E-state index >= 15 is 0 Å². The predicted octanol–water partition coefficient (Wildman–Crippen LogP) is 1.27. The molecule has 17 heavy (non-hydrogen) atoms. The smallest absolute Gasteiger partial charge is 0.320 e. The monoisotopic (exact) mass is 232 g/mol. The van der Waals surface area contributed by atoms with Crippen LogP contribution in [0.1, 0.15) is 16.8 Å². The molecule has 2 saturated heterocycles. The summed E-state index contributed by atoms with van der Waals surface area (Å²) in [6, 6.07) is 8.33. The fraction of sp³-hybridized carbons (Fsp3) is 0.333. The van der Waals surface area contributed by atoms with E-state index in [4.69, 9.17) is 4.84 Å². The lowest BCUT2D eigenvalue weighted by Gasteiger charge is -2.31. The fourth-order valence-corrected chi connectivity index (χ4v) is 2.14. The summed E-state index contributed by atoms with van der Waals surface area (Å²) in [4.78, 5) is 31.0. The SMILES string of the molecule is O=C(c1ccccc1)N1OC2CCN(C2)C1=O. The summed E-state index contributed by atoms with van der Waals surface area (Å²) in [6.45, 7) is 1.26. The van der Waals surface area contributed by atoms with Crippen molar-refractivity contribution >= 4 is 11.9 Å². The van der Waals surface area contributed by atoms with Crippen LogP contribution >= 0.6 is 0 Å². The van der Waals surface area contributed by atoms with Gasteiger partial charge in [-0.15, -0.1) is 5.06 Å². The van der Waals surface area contributed by atoms with Crippen molar-refractivity contribution in [3.05, 3.63) is 35.9 Å². The van der Waals surface area contributed by atoms with E-state index in [1.807, 2.05) is 6.07 Å². The Balaban J connectivity index is 1.85. The third kappa shape index (κ3) is 1.68. The molecule has 0 saturated carbocycles. The molecule has 1 aromatic carbocycles. The number of imide groups is 1. The van der Waals surface area contributed by atoms with Crippen molar-refractivity contribution in [2.24, 2.45) is 0 Å². The topological polar surface area (TPSA) is 49.9 Å². The standard InChI is InChI=1S/C12H12N2O3/c15-11(9-4-2-1-3-5-9)14-12(16)13-7-6-10(8-13)17-14/h1-5,10H,6-8H2. The van der Waals surface area contributed by atoms with Gasteiger partial charge >= 0.3 is 6.03 Å². The molecule has 0 aromatic heterocycles. The third-order valence-corrected chi connectivity index (χ3v) is 3.05. The van der Waals surface area contributed by atoms with Gasteiger partial charge in [0.25, 0.3) is 5.91 Å².